The lowest BCUT2D eigenvalue weighted by Gasteiger charge is -2.08. The van der Waals surface area contributed by atoms with E-state index in [4.69, 9.17) is 0 Å². The largest absolute Gasteiger partial charge is 0.360 e. The summed E-state index contributed by atoms with van der Waals surface area (Å²) in [5.41, 5.74) is 6.05. The van der Waals surface area contributed by atoms with E-state index in [-0.39, 0.29) is 11.3 Å². The van der Waals surface area contributed by atoms with Crippen molar-refractivity contribution in [1.82, 2.24) is 25.6 Å². The van der Waals surface area contributed by atoms with E-state index >= 15 is 0 Å². The topological polar surface area (TPSA) is 109 Å². The van der Waals surface area contributed by atoms with Crippen LogP contribution in [0.2, 0.25) is 0 Å². The van der Waals surface area contributed by atoms with Crippen molar-refractivity contribution in [3.63, 3.8) is 0 Å². The van der Waals surface area contributed by atoms with Crippen LogP contribution >= 0.6 is 0 Å². The number of benzene rings is 2. The molecule has 0 atom stereocenters. The first-order chi connectivity index (χ1) is 13.6. The molecule has 0 unspecified atom stereocenters. The first-order valence-corrected chi connectivity index (χ1v) is 8.46. The van der Waals surface area contributed by atoms with Crippen LogP contribution < -0.4 is 16.4 Å². The van der Waals surface area contributed by atoms with Gasteiger partial charge in [0.15, 0.2) is 5.69 Å². The van der Waals surface area contributed by atoms with Gasteiger partial charge in [0, 0.05) is 23.2 Å². The number of aromatic amines is 1. The maximum atomic E-state index is 12.4. The van der Waals surface area contributed by atoms with Crippen molar-refractivity contribution >= 4 is 22.7 Å². The third-order valence-electron chi connectivity index (χ3n) is 4.16. The van der Waals surface area contributed by atoms with Crippen molar-refractivity contribution in [3.8, 4) is 5.69 Å². The summed E-state index contributed by atoms with van der Waals surface area (Å²) >= 11 is 0. The average Bonchev–Trinajstić information content (AvgIpc) is 3.17. The molecule has 0 radical (unpaired) electrons. The Balaban J connectivity index is 1.51. The van der Waals surface area contributed by atoms with Gasteiger partial charge in [-0.3, -0.25) is 25.2 Å². The van der Waals surface area contributed by atoms with Crippen molar-refractivity contribution in [2.45, 2.75) is 0 Å². The molecule has 8 heteroatoms. The summed E-state index contributed by atoms with van der Waals surface area (Å²) in [6.07, 6.45) is 1.57. The molecule has 4 rings (SSSR count). The third kappa shape index (κ3) is 3.26. The fourth-order valence-electron chi connectivity index (χ4n) is 2.79. The second kappa shape index (κ2) is 7.20. The van der Waals surface area contributed by atoms with Gasteiger partial charge in [-0.05, 0) is 24.3 Å². The SMILES string of the molecule is O=C(NNC(=O)c1c[nH]c2ccccc12)c1ccc(=O)n(-c2ccccc2)n1. The molecule has 0 aliphatic heterocycles. The molecule has 2 heterocycles. The highest BCUT2D eigenvalue weighted by molar-refractivity contribution is 6.07. The minimum absolute atomic E-state index is 0.0114. The summed E-state index contributed by atoms with van der Waals surface area (Å²) in [4.78, 5) is 39.8. The molecule has 2 aromatic carbocycles. The van der Waals surface area contributed by atoms with Crippen molar-refractivity contribution < 1.29 is 9.59 Å². The number of nitrogens with zero attached hydrogens (tertiary/aromatic N) is 2. The number of nitrogens with one attached hydrogen (secondary N) is 3. The van der Waals surface area contributed by atoms with E-state index in [0.29, 0.717) is 11.3 Å². The smallest absolute Gasteiger partial charge is 0.290 e. The summed E-state index contributed by atoms with van der Waals surface area (Å²) in [6, 6.07) is 18.6. The molecular formula is C20H15N5O3. The van der Waals surface area contributed by atoms with Gasteiger partial charge in [-0.1, -0.05) is 36.4 Å². The van der Waals surface area contributed by atoms with Gasteiger partial charge in [0.05, 0.1) is 11.3 Å². The normalized spacial score (nSPS) is 10.6. The van der Waals surface area contributed by atoms with Crippen molar-refractivity contribution in [2.75, 3.05) is 0 Å². The molecule has 0 saturated carbocycles. The van der Waals surface area contributed by atoms with Crippen LogP contribution in [0.3, 0.4) is 0 Å². The van der Waals surface area contributed by atoms with E-state index in [1.807, 2.05) is 24.3 Å². The molecule has 0 bridgehead atoms. The summed E-state index contributed by atoms with van der Waals surface area (Å²) in [5, 5.41) is 4.81. The van der Waals surface area contributed by atoms with Crippen molar-refractivity contribution in [2.24, 2.45) is 0 Å². The maximum Gasteiger partial charge on any atom is 0.290 e. The number of fused-ring (bicyclic) bond motifs is 1. The molecule has 0 aliphatic rings. The molecule has 0 aliphatic carbocycles. The highest BCUT2D eigenvalue weighted by Gasteiger charge is 2.15. The second-order valence-corrected chi connectivity index (χ2v) is 5.96. The van der Waals surface area contributed by atoms with Crippen LogP contribution in [0.15, 0.2) is 77.7 Å². The highest BCUT2D eigenvalue weighted by atomic mass is 16.2. The molecule has 0 fully saturated rings. The predicted molar refractivity (Wildman–Crippen MR) is 103 cm³/mol. The van der Waals surface area contributed by atoms with E-state index in [2.05, 4.69) is 20.9 Å². The molecule has 2 aromatic heterocycles. The molecule has 0 saturated heterocycles. The molecule has 2 amide bonds. The molecule has 8 nitrogen and oxygen atoms in total. The summed E-state index contributed by atoms with van der Waals surface area (Å²) in [7, 11) is 0. The minimum atomic E-state index is -0.641. The maximum absolute atomic E-state index is 12.4. The van der Waals surface area contributed by atoms with Crippen LogP contribution in [-0.2, 0) is 0 Å². The van der Waals surface area contributed by atoms with Crippen LogP contribution in [-0.4, -0.2) is 26.6 Å². The first kappa shape index (κ1) is 17.2. The van der Waals surface area contributed by atoms with Gasteiger partial charge in [0.2, 0.25) is 0 Å². The monoisotopic (exact) mass is 373 g/mol. The third-order valence-corrected chi connectivity index (χ3v) is 4.16. The number of carbonyl (C=O) groups excluding carboxylic acids is 2. The summed E-state index contributed by atoms with van der Waals surface area (Å²) < 4.78 is 1.12. The van der Waals surface area contributed by atoms with E-state index in [1.165, 1.54) is 12.1 Å². The zero-order valence-corrected chi connectivity index (χ0v) is 14.5. The van der Waals surface area contributed by atoms with Gasteiger partial charge >= 0.3 is 0 Å². The van der Waals surface area contributed by atoms with Crippen LogP contribution in [0.4, 0.5) is 0 Å². The minimum Gasteiger partial charge on any atom is -0.360 e. The fraction of sp³-hybridized carbons (Fsp3) is 0. The number of hydrogen-bond donors (Lipinski definition) is 3. The number of carbonyl (C=O) groups is 2. The predicted octanol–water partition coefficient (Wildman–Crippen LogP) is 1.79. The molecule has 28 heavy (non-hydrogen) atoms. The Hall–Kier alpha value is -4.20. The number of para-hydroxylation sites is 2. The fourth-order valence-corrected chi connectivity index (χ4v) is 2.79. The molecular weight excluding hydrogens is 358 g/mol. The molecule has 4 aromatic rings. The number of aromatic nitrogens is 3. The quantitative estimate of drug-likeness (QED) is 0.476. The first-order valence-electron chi connectivity index (χ1n) is 8.46. The Morgan fingerprint density at radius 2 is 1.57 bits per heavy atom. The Bertz CT molecular complexity index is 1230. The van der Waals surface area contributed by atoms with Crippen LogP contribution in [0.5, 0.6) is 0 Å². The zero-order chi connectivity index (χ0) is 19.5. The summed E-state index contributed by atoms with van der Waals surface area (Å²) in [6.45, 7) is 0. The van der Waals surface area contributed by atoms with E-state index in [9.17, 15) is 14.4 Å². The lowest BCUT2D eigenvalue weighted by Crippen LogP contribution is -2.42. The Morgan fingerprint density at radius 3 is 2.39 bits per heavy atom. The van der Waals surface area contributed by atoms with Crippen LogP contribution in [0, 0.1) is 0 Å². The van der Waals surface area contributed by atoms with Gasteiger partial charge < -0.3 is 4.98 Å². The standard InChI is InChI=1S/C20H15N5O3/c26-18-11-10-17(24-25(18)13-6-2-1-3-7-13)20(28)23-22-19(27)15-12-21-16-9-5-4-8-14(15)16/h1-12,21H,(H,22,27)(H,23,28). The van der Waals surface area contributed by atoms with Gasteiger partial charge in [-0.25, -0.2) is 0 Å². The number of H-pyrrole nitrogens is 1. The van der Waals surface area contributed by atoms with Gasteiger partial charge in [0.25, 0.3) is 17.4 Å². The Labute approximate surface area is 158 Å². The van der Waals surface area contributed by atoms with Crippen molar-refractivity contribution in [1.29, 1.82) is 0 Å². The molecule has 138 valence electrons. The number of hydrogen-bond acceptors (Lipinski definition) is 4. The lowest BCUT2D eigenvalue weighted by molar-refractivity contribution is 0.0844. The zero-order valence-electron chi connectivity index (χ0n) is 14.5. The highest BCUT2D eigenvalue weighted by Crippen LogP contribution is 2.17. The average molecular weight is 373 g/mol. The van der Waals surface area contributed by atoms with Gasteiger partial charge in [0.1, 0.15) is 0 Å². The van der Waals surface area contributed by atoms with Gasteiger partial charge in [-0.2, -0.15) is 9.78 Å². The van der Waals surface area contributed by atoms with E-state index < -0.39 is 11.8 Å². The number of amides is 2. The van der Waals surface area contributed by atoms with Crippen LogP contribution in [0.1, 0.15) is 20.8 Å². The summed E-state index contributed by atoms with van der Waals surface area (Å²) in [5.74, 6) is -1.11. The Kier molecular flexibility index (Phi) is 4.43. The van der Waals surface area contributed by atoms with Crippen LogP contribution in [0.25, 0.3) is 16.6 Å². The number of rotatable bonds is 3. The van der Waals surface area contributed by atoms with Gasteiger partial charge in [-0.15, -0.1) is 0 Å². The van der Waals surface area contributed by atoms with E-state index in [0.717, 1.165) is 15.6 Å². The second-order valence-electron chi connectivity index (χ2n) is 5.96. The molecule has 3 N–H and O–H groups in total. The number of hydrazine groups is 1. The van der Waals surface area contributed by atoms with E-state index in [1.54, 1.807) is 36.5 Å². The lowest BCUT2D eigenvalue weighted by atomic mass is 10.2. The molecule has 0 spiro atoms. The Morgan fingerprint density at radius 1 is 0.857 bits per heavy atom. The van der Waals surface area contributed by atoms with Crippen molar-refractivity contribution in [3.05, 3.63) is 94.5 Å².